The van der Waals surface area contributed by atoms with Crippen LogP contribution < -0.4 is 0 Å². The summed E-state index contributed by atoms with van der Waals surface area (Å²) in [4.78, 5) is 0. The van der Waals surface area contributed by atoms with E-state index < -0.39 is 0 Å². The molecule has 0 radical (unpaired) electrons. The van der Waals surface area contributed by atoms with Gasteiger partial charge in [0.25, 0.3) is 0 Å². The zero-order valence-electron chi connectivity index (χ0n) is 7.32. The summed E-state index contributed by atoms with van der Waals surface area (Å²) in [6.45, 7) is 7.30. The van der Waals surface area contributed by atoms with Gasteiger partial charge in [0.1, 0.15) is 0 Å². The first-order valence-electron chi connectivity index (χ1n) is 3.97. The van der Waals surface area contributed by atoms with Crippen molar-refractivity contribution >= 4 is 0 Å². The summed E-state index contributed by atoms with van der Waals surface area (Å²) < 4.78 is 15.4. The van der Waals surface area contributed by atoms with Gasteiger partial charge >= 0.3 is 0 Å². The SMILES string of the molecule is CCCOCCC.CCF. The minimum Gasteiger partial charge on any atom is -0.381 e. The van der Waals surface area contributed by atoms with Crippen molar-refractivity contribution in [2.75, 3.05) is 19.9 Å². The highest BCUT2D eigenvalue weighted by molar-refractivity contribution is 4.25. The van der Waals surface area contributed by atoms with Crippen molar-refractivity contribution in [3.8, 4) is 0 Å². The third kappa shape index (κ3) is 24.8. The molecule has 0 fully saturated rings. The molecule has 0 spiro atoms. The molecule has 0 heterocycles. The molecule has 64 valence electrons. The van der Waals surface area contributed by atoms with Crippen molar-refractivity contribution in [3.63, 3.8) is 0 Å². The smallest absolute Gasteiger partial charge is 0.0866 e. The van der Waals surface area contributed by atoms with Crippen LogP contribution in [0, 0.1) is 0 Å². The average molecular weight is 150 g/mol. The highest BCUT2D eigenvalue weighted by atomic mass is 19.1. The van der Waals surface area contributed by atoms with Crippen LogP contribution in [0.3, 0.4) is 0 Å². The minimum atomic E-state index is -0.250. The van der Waals surface area contributed by atoms with Crippen LogP contribution in [0.4, 0.5) is 4.39 Å². The lowest BCUT2D eigenvalue weighted by molar-refractivity contribution is 0.135. The summed E-state index contributed by atoms with van der Waals surface area (Å²) in [5.74, 6) is 0. The van der Waals surface area contributed by atoms with E-state index in [4.69, 9.17) is 4.74 Å². The zero-order valence-corrected chi connectivity index (χ0v) is 7.32. The molecule has 0 aromatic heterocycles. The maximum absolute atomic E-state index is 10.3. The summed E-state index contributed by atoms with van der Waals surface area (Å²) in [6, 6.07) is 0. The Balaban J connectivity index is 0. The lowest BCUT2D eigenvalue weighted by Gasteiger charge is -1.95. The van der Waals surface area contributed by atoms with Gasteiger partial charge in [-0.1, -0.05) is 13.8 Å². The molecule has 0 amide bonds. The van der Waals surface area contributed by atoms with Crippen LogP contribution in [-0.4, -0.2) is 19.9 Å². The lowest BCUT2D eigenvalue weighted by atomic mass is 10.5. The van der Waals surface area contributed by atoms with Crippen molar-refractivity contribution in [1.82, 2.24) is 0 Å². The first kappa shape index (κ1) is 12.6. The van der Waals surface area contributed by atoms with Gasteiger partial charge in [0.15, 0.2) is 0 Å². The number of hydrogen-bond acceptors (Lipinski definition) is 1. The molecule has 10 heavy (non-hydrogen) atoms. The number of halogens is 1. The monoisotopic (exact) mass is 150 g/mol. The van der Waals surface area contributed by atoms with Crippen LogP contribution in [0.2, 0.25) is 0 Å². The van der Waals surface area contributed by atoms with Gasteiger partial charge in [-0.05, 0) is 19.8 Å². The first-order valence-corrected chi connectivity index (χ1v) is 3.97. The van der Waals surface area contributed by atoms with Crippen LogP contribution in [-0.2, 0) is 4.74 Å². The van der Waals surface area contributed by atoms with Gasteiger partial charge in [0.05, 0.1) is 6.67 Å². The number of rotatable bonds is 4. The van der Waals surface area contributed by atoms with Crippen molar-refractivity contribution in [2.45, 2.75) is 33.6 Å². The fourth-order valence-electron chi connectivity index (χ4n) is 0.391. The van der Waals surface area contributed by atoms with Crippen LogP contribution >= 0.6 is 0 Å². The standard InChI is InChI=1S/C6H14O.C2H5F/c1-3-5-7-6-4-2;1-2-3/h3-6H2,1-2H3;2H2,1H3. The number of hydrogen-bond donors (Lipinski definition) is 0. The van der Waals surface area contributed by atoms with E-state index in [-0.39, 0.29) is 6.67 Å². The van der Waals surface area contributed by atoms with Gasteiger partial charge in [-0.25, -0.2) is 0 Å². The molecule has 0 aromatic carbocycles. The van der Waals surface area contributed by atoms with E-state index in [1.807, 2.05) is 0 Å². The summed E-state index contributed by atoms with van der Waals surface area (Å²) in [6.07, 6.45) is 2.28. The van der Waals surface area contributed by atoms with E-state index >= 15 is 0 Å². The molecular weight excluding hydrogens is 131 g/mol. The van der Waals surface area contributed by atoms with Crippen molar-refractivity contribution < 1.29 is 9.13 Å². The number of ether oxygens (including phenoxy) is 1. The van der Waals surface area contributed by atoms with Gasteiger partial charge in [-0.2, -0.15) is 0 Å². The molecule has 0 aliphatic heterocycles. The van der Waals surface area contributed by atoms with Gasteiger partial charge < -0.3 is 4.74 Å². The normalized spacial score (nSPS) is 8.40. The summed E-state index contributed by atoms with van der Waals surface area (Å²) in [5, 5.41) is 0. The van der Waals surface area contributed by atoms with Crippen molar-refractivity contribution in [1.29, 1.82) is 0 Å². The molecule has 2 heteroatoms. The van der Waals surface area contributed by atoms with E-state index in [2.05, 4.69) is 13.8 Å². The summed E-state index contributed by atoms with van der Waals surface area (Å²) in [7, 11) is 0. The first-order chi connectivity index (χ1) is 4.83. The molecule has 0 unspecified atom stereocenters. The molecule has 0 N–H and O–H groups in total. The van der Waals surface area contributed by atoms with E-state index in [0.29, 0.717) is 0 Å². The van der Waals surface area contributed by atoms with Crippen LogP contribution in [0.25, 0.3) is 0 Å². The predicted octanol–water partition coefficient (Wildman–Crippen LogP) is 2.80. The molecule has 0 atom stereocenters. The van der Waals surface area contributed by atoms with Crippen molar-refractivity contribution in [2.24, 2.45) is 0 Å². The molecule has 0 aliphatic carbocycles. The molecular formula is C8H19FO. The second-order valence-electron chi connectivity index (χ2n) is 1.88. The average Bonchev–Trinajstić information content (AvgIpc) is 1.91. The van der Waals surface area contributed by atoms with E-state index in [9.17, 15) is 4.39 Å². The molecule has 0 rings (SSSR count). The Morgan fingerprint density at radius 1 is 1.00 bits per heavy atom. The fourth-order valence-corrected chi connectivity index (χ4v) is 0.391. The Bertz CT molecular complexity index is 36.2. The highest BCUT2D eigenvalue weighted by Gasteiger charge is 1.77. The molecule has 0 bridgehead atoms. The quantitative estimate of drug-likeness (QED) is 0.560. The van der Waals surface area contributed by atoms with Gasteiger partial charge in [-0.3, -0.25) is 4.39 Å². The maximum Gasteiger partial charge on any atom is 0.0866 e. The maximum atomic E-state index is 10.3. The Kier molecular flexibility index (Phi) is 20.0. The van der Waals surface area contributed by atoms with E-state index in [1.165, 1.54) is 6.92 Å². The second kappa shape index (κ2) is 16.0. The summed E-state index contributed by atoms with van der Waals surface area (Å²) in [5.41, 5.74) is 0. The summed E-state index contributed by atoms with van der Waals surface area (Å²) >= 11 is 0. The Labute approximate surface area is 63.6 Å². The van der Waals surface area contributed by atoms with Gasteiger partial charge in [0.2, 0.25) is 0 Å². The Hall–Kier alpha value is -0.110. The fraction of sp³-hybridized carbons (Fsp3) is 1.00. The topological polar surface area (TPSA) is 9.23 Å². The second-order valence-corrected chi connectivity index (χ2v) is 1.88. The van der Waals surface area contributed by atoms with E-state index in [0.717, 1.165) is 26.1 Å². The molecule has 0 aromatic rings. The Morgan fingerprint density at radius 3 is 1.50 bits per heavy atom. The minimum absolute atomic E-state index is 0.250. The molecule has 1 nitrogen and oxygen atoms in total. The third-order valence-corrected chi connectivity index (χ3v) is 0.697. The van der Waals surface area contributed by atoms with Crippen LogP contribution in [0.5, 0.6) is 0 Å². The predicted molar refractivity (Wildman–Crippen MR) is 43.1 cm³/mol. The molecule has 0 saturated heterocycles. The number of alkyl halides is 1. The highest BCUT2D eigenvalue weighted by Crippen LogP contribution is 1.81. The van der Waals surface area contributed by atoms with Gasteiger partial charge in [-0.15, -0.1) is 0 Å². The molecule has 0 saturated carbocycles. The van der Waals surface area contributed by atoms with Crippen LogP contribution in [0.1, 0.15) is 33.6 Å². The van der Waals surface area contributed by atoms with E-state index in [1.54, 1.807) is 0 Å². The van der Waals surface area contributed by atoms with Crippen molar-refractivity contribution in [3.05, 3.63) is 0 Å². The zero-order chi connectivity index (χ0) is 8.24. The largest absolute Gasteiger partial charge is 0.381 e. The van der Waals surface area contributed by atoms with Gasteiger partial charge in [0, 0.05) is 13.2 Å². The van der Waals surface area contributed by atoms with Crippen LogP contribution in [0.15, 0.2) is 0 Å². The molecule has 0 aliphatic rings. The third-order valence-electron chi connectivity index (χ3n) is 0.697. The lowest BCUT2D eigenvalue weighted by Crippen LogP contribution is -1.92. The Morgan fingerprint density at radius 2 is 1.30 bits per heavy atom.